The zero-order valence-corrected chi connectivity index (χ0v) is 15.5. The van der Waals surface area contributed by atoms with Gasteiger partial charge in [0.15, 0.2) is 11.6 Å². The largest absolute Gasteiger partial charge is 0.372 e. The Bertz CT molecular complexity index is 732. The van der Waals surface area contributed by atoms with E-state index in [0.29, 0.717) is 44.4 Å². The van der Waals surface area contributed by atoms with Gasteiger partial charge in [-0.25, -0.2) is 8.42 Å². The number of nitrogens with zero attached hydrogens (tertiary/aromatic N) is 5. The molecule has 0 bridgehead atoms. The second-order valence-electron chi connectivity index (χ2n) is 6.46. The third-order valence-electron chi connectivity index (χ3n) is 4.74. The molecule has 10 heteroatoms. The summed E-state index contributed by atoms with van der Waals surface area (Å²) >= 11 is 0. The summed E-state index contributed by atoms with van der Waals surface area (Å²) in [5.74, 6) is 1.33. The SMILES string of the molecule is CCOCC(=O)N1CCn2c(nnc2C2CCCCN2S(C)(=O)=O)C1. The highest BCUT2D eigenvalue weighted by molar-refractivity contribution is 7.88. The predicted octanol–water partition coefficient (Wildman–Crippen LogP) is 0.143. The third-order valence-corrected chi connectivity index (χ3v) is 6.03. The monoisotopic (exact) mass is 371 g/mol. The fraction of sp³-hybridized carbons (Fsp3) is 0.800. The van der Waals surface area contributed by atoms with Gasteiger partial charge in [-0.1, -0.05) is 6.42 Å². The number of piperidine rings is 1. The molecular formula is C15H25N5O4S. The van der Waals surface area contributed by atoms with Crippen molar-refractivity contribution in [1.82, 2.24) is 24.0 Å². The number of fused-ring (bicyclic) bond motifs is 1. The first-order valence-corrected chi connectivity index (χ1v) is 10.5. The van der Waals surface area contributed by atoms with Crippen LogP contribution in [0.1, 0.15) is 43.9 Å². The van der Waals surface area contributed by atoms with Gasteiger partial charge >= 0.3 is 0 Å². The average Bonchev–Trinajstić information content (AvgIpc) is 3.02. The Labute approximate surface area is 148 Å². The highest BCUT2D eigenvalue weighted by Crippen LogP contribution is 2.32. The Morgan fingerprint density at radius 2 is 2.04 bits per heavy atom. The van der Waals surface area contributed by atoms with E-state index in [-0.39, 0.29) is 18.6 Å². The molecule has 1 fully saturated rings. The molecule has 9 nitrogen and oxygen atoms in total. The summed E-state index contributed by atoms with van der Waals surface area (Å²) in [6.45, 7) is 4.45. The lowest BCUT2D eigenvalue weighted by atomic mass is 10.0. The Kier molecular flexibility index (Phi) is 5.40. The summed E-state index contributed by atoms with van der Waals surface area (Å²) in [6, 6.07) is -0.268. The fourth-order valence-corrected chi connectivity index (χ4v) is 4.60. The number of ether oxygens (including phenoxy) is 1. The van der Waals surface area contributed by atoms with Crippen LogP contribution in [0.2, 0.25) is 0 Å². The van der Waals surface area contributed by atoms with Crippen molar-refractivity contribution < 1.29 is 17.9 Å². The summed E-state index contributed by atoms with van der Waals surface area (Å²) in [5.41, 5.74) is 0. The zero-order chi connectivity index (χ0) is 18.0. The van der Waals surface area contributed by atoms with Crippen LogP contribution in [0.15, 0.2) is 0 Å². The van der Waals surface area contributed by atoms with Crippen LogP contribution in [0, 0.1) is 0 Å². The van der Waals surface area contributed by atoms with Crippen LogP contribution in [0.3, 0.4) is 0 Å². The summed E-state index contributed by atoms with van der Waals surface area (Å²) < 4.78 is 32.9. The van der Waals surface area contributed by atoms with E-state index in [1.54, 1.807) is 4.90 Å². The molecule has 0 N–H and O–H groups in total. The number of hydrogen-bond donors (Lipinski definition) is 0. The lowest BCUT2D eigenvalue weighted by Crippen LogP contribution is -2.42. The van der Waals surface area contributed by atoms with Crippen LogP contribution in [-0.4, -0.2) is 70.9 Å². The number of amides is 1. The van der Waals surface area contributed by atoms with Crippen molar-refractivity contribution in [3.8, 4) is 0 Å². The highest BCUT2D eigenvalue weighted by Gasteiger charge is 2.35. The zero-order valence-electron chi connectivity index (χ0n) is 14.7. The minimum Gasteiger partial charge on any atom is -0.372 e. The molecule has 1 aromatic rings. The van der Waals surface area contributed by atoms with Crippen molar-refractivity contribution in [2.75, 3.05) is 32.6 Å². The van der Waals surface area contributed by atoms with E-state index in [0.717, 1.165) is 19.3 Å². The molecule has 2 aliphatic heterocycles. The summed E-state index contributed by atoms with van der Waals surface area (Å²) in [4.78, 5) is 13.8. The molecule has 1 aromatic heterocycles. The topological polar surface area (TPSA) is 97.6 Å². The van der Waals surface area contributed by atoms with Crippen LogP contribution in [0.25, 0.3) is 0 Å². The fourth-order valence-electron chi connectivity index (χ4n) is 3.48. The smallest absolute Gasteiger partial charge is 0.249 e. The second-order valence-corrected chi connectivity index (χ2v) is 8.40. The summed E-state index contributed by atoms with van der Waals surface area (Å²) in [7, 11) is -3.29. The maximum absolute atomic E-state index is 12.1. The van der Waals surface area contributed by atoms with Crippen LogP contribution in [0.4, 0.5) is 0 Å². The minimum atomic E-state index is -3.29. The van der Waals surface area contributed by atoms with E-state index < -0.39 is 10.0 Å². The lowest BCUT2D eigenvalue weighted by molar-refractivity contribution is -0.137. The van der Waals surface area contributed by atoms with Crippen LogP contribution in [-0.2, 0) is 32.6 Å². The van der Waals surface area contributed by atoms with E-state index >= 15 is 0 Å². The van der Waals surface area contributed by atoms with Crippen LogP contribution >= 0.6 is 0 Å². The van der Waals surface area contributed by atoms with Crippen molar-refractivity contribution >= 4 is 15.9 Å². The molecule has 25 heavy (non-hydrogen) atoms. The number of aromatic nitrogens is 3. The van der Waals surface area contributed by atoms with Crippen LogP contribution in [0.5, 0.6) is 0 Å². The first-order valence-electron chi connectivity index (χ1n) is 8.66. The summed E-state index contributed by atoms with van der Waals surface area (Å²) in [6.07, 6.45) is 3.83. The Morgan fingerprint density at radius 1 is 1.24 bits per heavy atom. The Morgan fingerprint density at radius 3 is 2.76 bits per heavy atom. The highest BCUT2D eigenvalue weighted by atomic mass is 32.2. The van der Waals surface area contributed by atoms with Gasteiger partial charge in [0.2, 0.25) is 15.9 Å². The normalized spacial score (nSPS) is 22.0. The summed E-state index contributed by atoms with van der Waals surface area (Å²) in [5, 5.41) is 8.50. The lowest BCUT2D eigenvalue weighted by Gasteiger charge is -2.34. The van der Waals surface area contributed by atoms with E-state index in [1.807, 2.05) is 11.5 Å². The van der Waals surface area contributed by atoms with Gasteiger partial charge in [-0.15, -0.1) is 10.2 Å². The van der Waals surface area contributed by atoms with Crippen molar-refractivity contribution in [3.63, 3.8) is 0 Å². The molecule has 0 aromatic carbocycles. The quantitative estimate of drug-likeness (QED) is 0.730. The molecule has 1 amide bonds. The van der Waals surface area contributed by atoms with Crippen molar-refractivity contribution in [1.29, 1.82) is 0 Å². The minimum absolute atomic E-state index is 0.0620. The molecule has 1 unspecified atom stereocenters. The van der Waals surface area contributed by atoms with Gasteiger partial charge in [0, 0.05) is 26.2 Å². The Hall–Kier alpha value is -1.52. The van der Waals surface area contributed by atoms with E-state index in [2.05, 4.69) is 10.2 Å². The molecule has 2 aliphatic rings. The van der Waals surface area contributed by atoms with Crippen molar-refractivity contribution in [2.45, 2.75) is 45.3 Å². The number of carbonyl (C=O) groups excluding carboxylic acids is 1. The van der Waals surface area contributed by atoms with Gasteiger partial charge in [0.05, 0.1) is 18.8 Å². The standard InChI is InChI=1S/C15H25N5O4S/c1-3-24-11-14(21)18-8-9-19-13(10-18)16-17-15(19)12-6-4-5-7-20(12)25(2,22)23/h12H,3-11H2,1-2H3. The van der Waals surface area contributed by atoms with E-state index in [1.165, 1.54) is 10.6 Å². The number of hydrogen-bond acceptors (Lipinski definition) is 6. The first-order chi connectivity index (χ1) is 11.9. The molecule has 1 atom stereocenters. The molecule has 0 saturated carbocycles. The maximum atomic E-state index is 12.1. The molecular weight excluding hydrogens is 346 g/mol. The molecule has 0 aliphatic carbocycles. The van der Waals surface area contributed by atoms with Gasteiger partial charge in [-0.3, -0.25) is 4.79 Å². The molecule has 0 radical (unpaired) electrons. The molecule has 3 rings (SSSR count). The number of sulfonamides is 1. The van der Waals surface area contributed by atoms with E-state index in [9.17, 15) is 13.2 Å². The van der Waals surface area contributed by atoms with Crippen molar-refractivity contribution in [2.24, 2.45) is 0 Å². The second kappa shape index (κ2) is 7.38. The van der Waals surface area contributed by atoms with E-state index in [4.69, 9.17) is 4.74 Å². The molecule has 1 saturated heterocycles. The number of rotatable bonds is 5. The molecule has 140 valence electrons. The third kappa shape index (κ3) is 3.85. The van der Waals surface area contributed by atoms with Gasteiger partial charge in [0.1, 0.15) is 6.61 Å². The van der Waals surface area contributed by atoms with Crippen LogP contribution < -0.4 is 0 Å². The average molecular weight is 371 g/mol. The predicted molar refractivity (Wildman–Crippen MR) is 90.1 cm³/mol. The van der Waals surface area contributed by atoms with Gasteiger partial charge < -0.3 is 14.2 Å². The molecule has 0 spiro atoms. The Balaban J connectivity index is 1.79. The van der Waals surface area contributed by atoms with Crippen molar-refractivity contribution in [3.05, 3.63) is 11.6 Å². The number of carbonyl (C=O) groups is 1. The molecule has 3 heterocycles. The maximum Gasteiger partial charge on any atom is 0.249 e. The van der Waals surface area contributed by atoms with Gasteiger partial charge in [-0.05, 0) is 19.8 Å². The van der Waals surface area contributed by atoms with Gasteiger partial charge in [-0.2, -0.15) is 4.31 Å². The van der Waals surface area contributed by atoms with Gasteiger partial charge in [0.25, 0.3) is 0 Å². The first kappa shape index (κ1) is 18.3.